The highest BCUT2D eigenvalue weighted by Crippen LogP contribution is 2.24. The summed E-state index contributed by atoms with van der Waals surface area (Å²) < 4.78 is 9.99. The first-order valence-electron chi connectivity index (χ1n) is 11.2. The average Bonchev–Trinajstić information content (AvgIpc) is 3.62. The fraction of sp³-hybridized carbons (Fsp3) is 0.360. The summed E-state index contributed by atoms with van der Waals surface area (Å²) in [5.41, 5.74) is 8.00. The summed E-state index contributed by atoms with van der Waals surface area (Å²) in [5.74, 6) is -2.58. The molecule has 1 aliphatic rings. The van der Waals surface area contributed by atoms with E-state index in [4.69, 9.17) is 15.2 Å². The van der Waals surface area contributed by atoms with Crippen molar-refractivity contribution < 1.29 is 33.8 Å². The third kappa shape index (κ3) is 7.28. The van der Waals surface area contributed by atoms with Crippen LogP contribution >= 0.6 is 0 Å². The summed E-state index contributed by atoms with van der Waals surface area (Å²) in [7, 11) is 0. The number of ether oxygens (including phenoxy) is 2. The number of primary amides is 1. The van der Waals surface area contributed by atoms with Gasteiger partial charge in [-0.15, -0.1) is 0 Å². The second kappa shape index (κ2) is 11.5. The van der Waals surface area contributed by atoms with Crippen LogP contribution in [0.1, 0.15) is 23.6 Å². The molecule has 3 rings (SSSR count). The van der Waals surface area contributed by atoms with Gasteiger partial charge in [0.25, 0.3) is 5.91 Å². The summed E-state index contributed by atoms with van der Waals surface area (Å²) >= 11 is 0. The van der Waals surface area contributed by atoms with Crippen molar-refractivity contribution in [1.82, 2.24) is 10.6 Å². The molecule has 1 aliphatic heterocycles. The molecule has 1 fully saturated rings. The minimum absolute atomic E-state index is 0.0673. The van der Waals surface area contributed by atoms with Crippen molar-refractivity contribution in [2.45, 2.75) is 51.0 Å². The van der Waals surface area contributed by atoms with Gasteiger partial charge in [0, 0.05) is 12.8 Å². The quantitative estimate of drug-likeness (QED) is 0.264. The standard InChI is InChI=1S/C25H29N3O7/c1-3-34-25(33)21-20(35-21)24(32)28-19(13-15-6-4-14(2)5-7-15)23(31)27-18(22(26)30)12-16-8-10-17(29)11-9-16/h4-11,18-21,29H,3,12-13H2,1-2H3,(H2,26,30)(H,27,31)(H,28,32)/t18-,19-,20?,21?/m0/s1. The van der Waals surface area contributed by atoms with Crippen molar-refractivity contribution in [1.29, 1.82) is 0 Å². The van der Waals surface area contributed by atoms with Crippen LogP contribution in [-0.2, 0) is 41.5 Å². The number of nitrogens with two attached hydrogens (primary N) is 1. The van der Waals surface area contributed by atoms with Crippen molar-refractivity contribution in [3.8, 4) is 5.75 Å². The maximum absolute atomic E-state index is 13.2. The zero-order valence-corrected chi connectivity index (χ0v) is 19.5. The number of nitrogens with one attached hydrogen (secondary N) is 2. The van der Waals surface area contributed by atoms with E-state index in [9.17, 15) is 24.3 Å². The molecular formula is C25H29N3O7. The Balaban J connectivity index is 1.72. The number of phenols is 1. The number of aromatic hydroxyl groups is 1. The summed E-state index contributed by atoms with van der Waals surface area (Å²) in [4.78, 5) is 49.7. The molecule has 35 heavy (non-hydrogen) atoms. The van der Waals surface area contributed by atoms with Gasteiger partial charge < -0.3 is 30.9 Å². The molecule has 0 radical (unpaired) electrons. The largest absolute Gasteiger partial charge is 0.508 e. The van der Waals surface area contributed by atoms with Crippen molar-refractivity contribution >= 4 is 23.7 Å². The van der Waals surface area contributed by atoms with Gasteiger partial charge in [0.2, 0.25) is 11.8 Å². The van der Waals surface area contributed by atoms with Gasteiger partial charge in [-0.2, -0.15) is 0 Å². The predicted molar refractivity (Wildman–Crippen MR) is 125 cm³/mol. The number of rotatable bonds is 11. The Labute approximate surface area is 202 Å². The van der Waals surface area contributed by atoms with Crippen LogP contribution in [0.2, 0.25) is 0 Å². The molecule has 10 nitrogen and oxygen atoms in total. The van der Waals surface area contributed by atoms with Crippen LogP contribution in [-0.4, -0.2) is 59.7 Å². The molecule has 1 heterocycles. The number of hydrogen-bond donors (Lipinski definition) is 4. The monoisotopic (exact) mass is 483 g/mol. The first-order valence-corrected chi connectivity index (χ1v) is 11.2. The minimum atomic E-state index is -1.06. The molecule has 2 aromatic rings. The molecule has 0 bridgehead atoms. The van der Waals surface area contributed by atoms with Crippen LogP contribution in [0.5, 0.6) is 5.75 Å². The second-order valence-electron chi connectivity index (χ2n) is 8.31. The Morgan fingerprint density at radius 3 is 2.09 bits per heavy atom. The van der Waals surface area contributed by atoms with Crippen molar-refractivity contribution in [2.75, 3.05) is 6.61 Å². The molecule has 10 heteroatoms. The predicted octanol–water partition coefficient (Wildman–Crippen LogP) is 0.271. The molecule has 0 spiro atoms. The Morgan fingerprint density at radius 2 is 1.51 bits per heavy atom. The normalized spacial score (nSPS) is 18.1. The Kier molecular flexibility index (Phi) is 8.43. The first kappa shape index (κ1) is 25.7. The number of epoxide rings is 1. The topological polar surface area (TPSA) is 160 Å². The van der Waals surface area contributed by atoms with E-state index in [1.165, 1.54) is 12.1 Å². The molecule has 3 amide bonds. The maximum Gasteiger partial charge on any atom is 0.338 e. The van der Waals surface area contributed by atoms with Crippen LogP contribution in [0, 0.1) is 6.92 Å². The zero-order chi connectivity index (χ0) is 25.5. The van der Waals surface area contributed by atoms with E-state index in [-0.39, 0.29) is 25.2 Å². The average molecular weight is 484 g/mol. The molecule has 0 aliphatic carbocycles. The molecule has 186 valence electrons. The number of esters is 1. The number of aryl methyl sites for hydroxylation is 1. The van der Waals surface area contributed by atoms with Crippen LogP contribution in [0.15, 0.2) is 48.5 Å². The molecule has 0 aromatic heterocycles. The molecule has 2 unspecified atom stereocenters. The number of hydrogen-bond acceptors (Lipinski definition) is 7. The van der Waals surface area contributed by atoms with E-state index >= 15 is 0 Å². The van der Waals surface area contributed by atoms with Gasteiger partial charge >= 0.3 is 5.97 Å². The van der Waals surface area contributed by atoms with E-state index in [1.54, 1.807) is 19.1 Å². The molecule has 4 atom stereocenters. The number of amides is 3. The second-order valence-corrected chi connectivity index (χ2v) is 8.31. The number of phenolic OH excluding ortho intramolecular Hbond substituents is 1. The molecule has 0 saturated carbocycles. The van der Waals surface area contributed by atoms with Crippen molar-refractivity contribution in [2.24, 2.45) is 5.73 Å². The number of benzene rings is 2. The van der Waals surface area contributed by atoms with Gasteiger partial charge in [-0.25, -0.2) is 4.79 Å². The molecular weight excluding hydrogens is 454 g/mol. The SMILES string of the molecule is CCOC(=O)C1OC1C(=O)N[C@@H](Cc1ccc(C)cc1)C(=O)N[C@@H](Cc1ccc(O)cc1)C(N)=O. The Morgan fingerprint density at radius 1 is 0.943 bits per heavy atom. The van der Waals surface area contributed by atoms with Gasteiger partial charge in [-0.05, 0) is 37.1 Å². The van der Waals surface area contributed by atoms with Crippen molar-refractivity contribution in [3.05, 3.63) is 65.2 Å². The highest BCUT2D eigenvalue weighted by Gasteiger charge is 2.52. The first-order chi connectivity index (χ1) is 16.7. The lowest BCUT2D eigenvalue weighted by Gasteiger charge is -2.22. The van der Waals surface area contributed by atoms with Crippen LogP contribution < -0.4 is 16.4 Å². The van der Waals surface area contributed by atoms with Gasteiger partial charge in [0.15, 0.2) is 12.2 Å². The number of carbonyl (C=O) groups excluding carboxylic acids is 4. The van der Waals surface area contributed by atoms with Crippen LogP contribution in [0.4, 0.5) is 0 Å². The smallest absolute Gasteiger partial charge is 0.338 e. The lowest BCUT2D eigenvalue weighted by atomic mass is 10.0. The zero-order valence-electron chi connectivity index (χ0n) is 19.5. The van der Waals surface area contributed by atoms with E-state index < -0.39 is 48.0 Å². The summed E-state index contributed by atoms with van der Waals surface area (Å²) in [6.45, 7) is 3.72. The van der Waals surface area contributed by atoms with Gasteiger partial charge in [-0.3, -0.25) is 14.4 Å². The Hall–Kier alpha value is -3.92. The van der Waals surface area contributed by atoms with Gasteiger partial charge in [-0.1, -0.05) is 42.0 Å². The van der Waals surface area contributed by atoms with Gasteiger partial charge in [0.1, 0.15) is 17.8 Å². The summed E-state index contributed by atoms with van der Waals surface area (Å²) in [6, 6.07) is 11.5. The highest BCUT2D eigenvalue weighted by molar-refractivity contribution is 5.96. The third-order valence-electron chi connectivity index (χ3n) is 5.50. The van der Waals surface area contributed by atoms with E-state index in [2.05, 4.69) is 10.6 Å². The maximum atomic E-state index is 13.2. The summed E-state index contributed by atoms with van der Waals surface area (Å²) in [6.07, 6.45) is -1.82. The lowest BCUT2D eigenvalue weighted by Crippen LogP contribution is -2.55. The van der Waals surface area contributed by atoms with Crippen LogP contribution in [0.3, 0.4) is 0 Å². The molecule has 5 N–H and O–H groups in total. The molecule has 1 saturated heterocycles. The lowest BCUT2D eigenvalue weighted by molar-refractivity contribution is -0.144. The van der Waals surface area contributed by atoms with E-state index in [0.29, 0.717) is 5.56 Å². The van der Waals surface area contributed by atoms with Gasteiger partial charge in [0.05, 0.1) is 6.61 Å². The minimum Gasteiger partial charge on any atom is -0.508 e. The Bertz CT molecular complexity index is 1070. The third-order valence-corrected chi connectivity index (χ3v) is 5.50. The highest BCUT2D eigenvalue weighted by atomic mass is 16.6. The van der Waals surface area contributed by atoms with E-state index in [0.717, 1.165) is 11.1 Å². The molecule has 2 aromatic carbocycles. The fourth-order valence-electron chi connectivity index (χ4n) is 3.50. The van der Waals surface area contributed by atoms with Crippen LogP contribution in [0.25, 0.3) is 0 Å². The van der Waals surface area contributed by atoms with Crippen molar-refractivity contribution in [3.63, 3.8) is 0 Å². The fourth-order valence-corrected chi connectivity index (χ4v) is 3.50. The number of carbonyl (C=O) groups is 4. The summed E-state index contributed by atoms with van der Waals surface area (Å²) in [5, 5.41) is 14.7. The van der Waals surface area contributed by atoms with E-state index in [1.807, 2.05) is 31.2 Å².